The Morgan fingerprint density at radius 2 is 2.04 bits per heavy atom. The molecular weight excluding hydrogens is 351 g/mol. The molecule has 0 saturated heterocycles. The lowest BCUT2D eigenvalue weighted by molar-refractivity contribution is -0.141. The summed E-state index contributed by atoms with van der Waals surface area (Å²) in [5.74, 6) is -0.507. The lowest BCUT2D eigenvalue weighted by Gasteiger charge is -2.08. The molecule has 0 saturated carbocycles. The molecule has 0 fully saturated rings. The molecule has 2 rings (SSSR count). The molecule has 1 amide bonds. The maximum absolute atomic E-state index is 13.1. The fourth-order valence-electron chi connectivity index (χ4n) is 1.96. The molecule has 0 atom stereocenters. The molecule has 23 heavy (non-hydrogen) atoms. The quantitative estimate of drug-likeness (QED) is 0.842. The van der Waals surface area contributed by atoms with Gasteiger partial charge in [-0.1, -0.05) is 29.8 Å². The summed E-state index contributed by atoms with van der Waals surface area (Å²) < 4.78 is 40.3. The van der Waals surface area contributed by atoms with Gasteiger partial charge in [0, 0.05) is 24.9 Å². The number of rotatable bonds is 4. The van der Waals surface area contributed by atoms with E-state index in [9.17, 15) is 18.0 Å². The molecule has 1 N–H and O–H groups in total. The van der Waals surface area contributed by atoms with Crippen LogP contribution in [0.2, 0.25) is 5.02 Å². The van der Waals surface area contributed by atoms with Crippen molar-refractivity contribution in [1.29, 1.82) is 0 Å². The number of halogens is 4. The largest absolute Gasteiger partial charge is 0.436 e. The molecule has 0 aliphatic rings. The summed E-state index contributed by atoms with van der Waals surface area (Å²) in [5.41, 5.74) is -0.905. The standard InChI is InChI=1S/C14H13ClF3N3OS/c1-19-12(22)10-11(14(16,17)18)20-21(2)13(10)23-7-8-5-3-4-6-9(8)15/h3-6H,7H2,1-2H3,(H,19,22). The van der Waals surface area contributed by atoms with Crippen LogP contribution >= 0.6 is 23.4 Å². The molecule has 0 aliphatic heterocycles. The average Bonchev–Trinajstić information content (AvgIpc) is 2.82. The predicted molar refractivity (Wildman–Crippen MR) is 82.6 cm³/mol. The molecule has 124 valence electrons. The summed E-state index contributed by atoms with van der Waals surface area (Å²) in [6.45, 7) is 0. The lowest BCUT2D eigenvalue weighted by Crippen LogP contribution is -2.22. The van der Waals surface area contributed by atoms with Gasteiger partial charge in [0.05, 0.1) is 0 Å². The predicted octanol–water partition coefficient (Wildman–Crippen LogP) is 3.74. The van der Waals surface area contributed by atoms with E-state index in [1.807, 2.05) is 0 Å². The summed E-state index contributed by atoms with van der Waals surface area (Å²) in [6, 6.07) is 7.02. The third-order valence-electron chi connectivity index (χ3n) is 3.04. The van der Waals surface area contributed by atoms with Crippen molar-refractivity contribution >= 4 is 29.3 Å². The van der Waals surface area contributed by atoms with Crippen molar-refractivity contribution in [3.63, 3.8) is 0 Å². The van der Waals surface area contributed by atoms with Crippen molar-refractivity contribution < 1.29 is 18.0 Å². The van der Waals surface area contributed by atoms with Gasteiger partial charge in [-0.2, -0.15) is 18.3 Å². The maximum atomic E-state index is 13.1. The summed E-state index contributed by atoms with van der Waals surface area (Å²) in [4.78, 5) is 11.9. The second-order valence-corrected chi connectivity index (χ2v) is 5.98. The van der Waals surface area contributed by atoms with Crippen LogP contribution in [0.1, 0.15) is 21.6 Å². The third kappa shape index (κ3) is 3.81. The molecule has 0 bridgehead atoms. The molecule has 0 aliphatic carbocycles. The van der Waals surface area contributed by atoms with Crippen molar-refractivity contribution in [2.45, 2.75) is 17.0 Å². The fraction of sp³-hybridized carbons (Fsp3) is 0.286. The van der Waals surface area contributed by atoms with Crippen LogP contribution in [0.15, 0.2) is 29.3 Å². The van der Waals surface area contributed by atoms with Crippen LogP contribution in [0.4, 0.5) is 13.2 Å². The van der Waals surface area contributed by atoms with Gasteiger partial charge in [-0.15, -0.1) is 11.8 Å². The van der Waals surface area contributed by atoms with Crippen LogP contribution in [0.3, 0.4) is 0 Å². The van der Waals surface area contributed by atoms with E-state index < -0.39 is 23.3 Å². The number of nitrogens with zero attached hydrogens (tertiary/aromatic N) is 2. The number of benzene rings is 1. The number of alkyl halides is 3. The number of nitrogens with one attached hydrogen (secondary N) is 1. The molecule has 9 heteroatoms. The number of aromatic nitrogens is 2. The number of hydrogen-bond acceptors (Lipinski definition) is 3. The van der Waals surface area contributed by atoms with E-state index in [1.54, 1.807) is 24.3 Å². The number of amides is 1. The van der Waals surface area contributed by atoms with Crippen LogP contribution < -0.4 is 5.32 Å². The summed E-state index contributed by atoms with van der Waals surface area (Å²) in [5, 5.41) is 6.34. The highest BCUT2D eigenvalue weighted by Crippen LogP contribution is 2.37. The second kappa shape index (κ2) is 6.84. The van der Waals surface area contributed by atoms with Crippen molar-refractivity contribution in [2.24, 2.45) is 7.05 Å². The van der Waals surface area contributed by atoms with Crippen LogP contribution in [0.25, 0.3) is 0 Å². The smallest absolute Gasteiger partial charge is 0.355 e. The summed E-state index contributed by atoms with van der Waals surface area (Å²) >= 11 is 7.12. The molecular formula is C14H13ClF3N3OS. The Morgan fingerprint density at radius 1 is 1.39 bits per heavy atom. The topological polar surface area (TPSA) is 46.9 Å². The van der Waals surface area contributed by atoms with Gasteiger partial charge >= 0.3 is 6.18 Å². The SMILES string of the molecule is CNC(=O)c1c(C(F)(F)F)nn(C)c1SCc1ccccc1Cl. The summed E-state index contributed by atoms with van der Waals surface area (Å²) in [7, 11) is 2.65. The number of hydrogen-bond donors (Lipinski definition) is 1. The first kappa shape index (κ1) is 17.7. The average molecular weight is 364 g/mol. The Morgan fingerprint density at radius 3 is 2.61 bits per heavy atom. The van der Waals surface area contributed by atoms with E-state index in [-0.39, 0.29) is 5.03 Å². The van der Waals surface area contributed by atoms with E-state index in [0.29, 0.717) is 10.8 Å². The van der Waals surface area contributed by atoms with Gasteiger partial charge in [-0.3, -0.25) is 9.48 Å². The fourth-order valence-corrected chi connectivity index (χ4v) is 3.35. The molecule has 0 radical (unpaired) electrons. The van der Waals surface area contributed by atoms with Gasteiger partial charge in [0.2, 0.25) is 0 Å². The number of carbonyl (C=O) groups excluding carboxylic acids is 1. The normalized spacial score (nSPS) is 11.6. The van der Waals surface area contributed by atoms with Crippen LogP contribution in [0, 0.1) is 0 Å². The lowest BCUT2D eigenvalue weighted by atomic mass is 10.2. The zero-order valence-electron chi connectivity index (χ0n) is 12.2. The van der Waals surface area contributed by atoms with E-state index in [4.69, 9.17) is 11.6 Å². The van der Waals surface area contributed by atoms with Crippen molar-refractivity contribution in [1.82, 2.24) is 15.1 Å². The summed E-state index contributed by atoms with van der Waals surface area (Å²) in [6.07, 6.45) is -4.71. The van der Waals surface area contributed by atoms with Crippen molar-refractivity contribution in [3.05, 3.63) is 46.1 Å². The molecule has 4 nitrogen and oxygen atoms in total. The Hall–Kier alpha value is -1.67. The van der Waals surface area contributed by atoms with Gasteiger partial charge in [-0.25, -0.2) is 0 Å². The first-order chi connectivity index (χ1) is 10.8. The molecule has 1 aromatic carbocycles. The van der Waals surface area contributed by atoms with E-state index >= 15 is 0 Å². The van der Waals surface area contributed by atoms with E-state index in [1.165, 1.54) is 14.1 Å². The Bertz CT molecular complexity index is 731. The molecule has 0 unspecified atom stereocenters. The first-order valence-electron chi connectivity index (χ1n) is 6.48. The van der Waals surface area contributed by atoms with Crippen molar-refractivity contribution in [2.75, 3.05) is 7.05 Å². The molecule has 2 aromatic rings. The zero-order valence-corrected chi connectivity index (χ0v) is 13.8. The Balaban J connectivity index is 2.40. The minimum atomic E-state index is -4.71. The van der Waals surface area contributed by atoms with E-state index in [0.717, 1.165) is 22.0 Å². The minimum absolute atomic E-state index is 0.136. The van der Waals surface area contributed by atoms with Crippen LogP contribution in [-0.2, 0) is 19.0 Å². The van der Waals surface area contributed by atoms with Crippen LogP contribution in [0.5, 0.6) is 0 Å². The van der Waals surface area contributed by atoms with Gasteiger partial charge in [0.25, 0.3) is 5.91 Å². The van der Waals surface area contributed by atoms with Crippen LogP contribution in [-0.4, -0.2) is 22.7 Å². The first-order valence-corrected chi connectivity index (χ1v) is 7.84. The number of thioether (sulfide) groups is 1. The molecule has 0 spiro atoms. The highest BCUT2D eigenvalue weighted by molar-refractivity contribution is 7.98. The minimum Gasteiger partial charge on any atom is -0.355 e. The zero-order chi connectivity index (χ0) is 17.2. The highest BCUT2D eigenvalue weighted by atomic mass is 35.5. The van der Waals surface area contributed by atoms with Crippen molar-refractivity contribution in [3.8, 4) is 0 Å². The molecule has 1 heterocycles. The number of aryl methyl sites for hydroxylation is 1. The monoisotopic (exact) mass is 363 g/mol. The van der Waals surface area contributed by atoms with Gasteiger partial charge in [0.1, 0.15) is 10.6 Å². The van der Waals surface area contributed by atoms with Gasteiger partial charge in [0.15, 0.2) is 5.69 Å². The Labute approximate surface area is 140 Å². The Kier molecular flexibility index (Phi) is 5.26. The van der Waals surface area contributed by atoms with Gasteiger partial charge < -0.3 is 5.32 Å². The van der Waals surface area contributed by atoms with E-state index in [2.05, 4.69) is 10.4 Å². The highest BCUT2D eigenvalue weighted by Gasteiger charge is 2.41. The molecule has 1 aromatic heterocycles. The third-order valence-corrected chi connectivity index (χ3v) is 4.61. The second-order valence-electron chi connectivity index (χ2n) is 4.61. The maximum Gasteiger partial charge on any atom is 0.436 e. The number of carbonyl (C=O) groups is 1. The van der Waals surface area contributed by atoms with Gasteiger partial charge in [-0.05, 0) is 11.6 Å².